The zero-order chi connectivity index (χ0) is 9.84. The summed E-state index contributed by atoms with van der Waals surface area (Å²) in [7, 11) is 1.38. The molecule has 3 heteroatoms. The van der Waals surface area contributed by atoms with Crippen LogP contribution in [0.3, 0.4) is 0 Å². The lowest BCUT2D eigenvalue weighted by molar-refractivity contribution is 0.0599. The Morgan fingerprint density at radius 3 is 2.77 bits per heavy atom. The van der Waals surface area contributed by atoms with Crippen LogP contribution in [0.25, 0.3) is 0 Å². The highest BCUT2D eigenvalue weighted by Crippen LogP contribution is 2.18. The van der Waals surface area contributed by atoms with Gasteiger partial charge in [0, 0.05) is 12.4 Å². The normalized spacial score (nSPS) is 10.2. The molecule has 1 heterocycles. The maximum Gasteiger partial charge on any atom is 0.338 e. The van der Waals surface area contributed by atoms with Gasteiger partial charge in [0.25, 0.3) is 0 Å². The third-order valence-electron chi connectivity index (χ3n) is 1.88. The Labute approximate surface area is 77.8 Å². The minimum Gasteiger partial charge on any atom is -0.465 e. The lowest BCUT2D eigenvalue weighted by atomic mass is 10.00. The number of aromatic nitrogens is 1. The summed E-state index contributed by atoms with van der Waals surface area (Å²) in [5.41, 5.74) is 1.53. The SMILES string of the molecule is COC(=O)c1ccncc1C(C)C. The van der Waals surface area contributed by atoms with Gasteiger partial charge in [-0.2, -0.15) is 0 Å². The predicted molar refractivity (Wildman–Crippen MR) is 49.7 cm³/mol. The molecule has 0 unspecified atom stereocenters. The van der Waals surface area contributed by atoms with E-state index in [0.717, 1.165) is 5.56 Å². The molecule has 0 fully saturated rings. The second kappa shape index (κ2) is 4.03. The first kappa shape index (κ1) is 9.71. The quantitative estimate of drug-likeness (QED) is 0.652. The summed E-state index contributed by atoms with van der Waals surface area (Å²) in [6, 6.07) is 1.68. The minimum absolute atomic E-state index is 0.280. The highest BCUT2D eigenvalue weighted by molar-refractivity contribution is 5.90. The first-order valence-corrected chi connectivity index (χ1v) is 4.19. The van der Waals surface area contributed by atoms with Gasteiger partial charge in [-0.1, -0.05) is 13.8 Å². The van der Waals surface area contributed by atoms with Crippen molar-refractivity contribution >= 4 is 5.97 Å². The molecule has 0 radical (unpaired) electrons. The largest absolute Gasteiger partial charge is 0.465 e. The standard InChI is InChI=1S/C10H13NO2/c1-7(2)9-6-11-5-4-8(9)10(12)13-3/h4-7H,1-3H3. The van der Waals surface area contributed by atoms with E-state index in [4.69, 9.17) is 0 Å². The average molecular weight is 179 g/mol. The van der Waals surface area contributed by atoms with E-state index in [1.807, 2.05) is 13.8 Å². The number of rotatable bonds is 2. The van der Waals surface area contributed by atoms with Gasteiger partial charge in [-0.15, -0.1) is 0 Å². The van der Waals surface area contributed by atoms with Gasteiger partial charge in [0.15, 0.2) is 0 Å². The Bertz CT molecular complexity index is 308. The zero-order valence-corrected chi connectivity index (χ0v) is 8.07. The first-order chi connectivity index (χ1) is 6.16. The number of esters is 1. The molecule has 0 N–H and O–H groups in total. The van der Waals surface area contributed by atoms with Crippen molar-refractivity contribution in [3.05, 3.63) is 29.6 Å². The van der Waals surface area contributed by atoms with Crippen LogP contribution in [0.15, 0.2) is 18.5 Å². The molecule has 1 aromatic rings. The maximum atomic E-state index is 11.3. The van der Waals surface area contributed by atoms with Crippen LogP contribution < -0.4 is 0 Å². The van der Waals surface area contributed by atoms with E-state index < -0.39 is 0 Å². The van der Waals surface area contributed by atoms with E-state index >= 15 is 0 Å². The fourth-order valence-electron chi connectivity index (χ4n) is 1.16. The van der Waals surface area contributed by atoms with Crippen molar-refractivity contribution in [2.45, 2.75) is 19.8 Å². The molecule has 0 saturated carbocycles. The van der Waals surface area contributed by atoms with E-state index in [1.54, 1.807) is 18.5 Å². The molecule has 0 amide bonds. The molecule has 0 saturated heterocycles. The van der Waals surface area contributed by atoms with Crippen LogP contribution in [0.5, 0.6) is 0 Å². The molecule has 0 bridgehead atoms. The van der Waals surface area contributed by atoms with Crippen molar-refractivity contribution in [1.29, 1.82) is 0 Å². The molecule has 13 heavy (non-hydrogen) atoms. The Morgan fingerprint density at radius 1 is 1.54 bits per heavy atom. The number of hydrogen-bond donors (Lipinski definition) is 0. The van der Waals surface area contributed by atoms with Crippen molar-refractivity contribution in [1.82, 2.24) is 4.98 Å². The Morgan fingerprint density at radius 2 is 2.23 bits per heavy atom. The topological polar surface area (TPSA) is 39.2 Å². The summed E-state index contributed by atoms with van der Waals surface area (Å²) in [4.78, 5) is 15.3. The fourth-order valence-corrected chi connectivity index (χ4v) is 1.16. The van der Waals surface area contributed by atoms with Crippen LogP contribution in [0.1, 0.15) is 35.7 Å². The van der Waals surface area contributed by atoms with Crippen LogP contribution in [0, 0.1) is 0 Å². The summed E-state index contributed by atoms with van der Waals surface area (Å²) in [5, 5.41) is 0. The molecule has 0 aliphatic carbocycles. The van der Waals surface area contributed by atoms with Gasteiger partial charge in [-0.3, -0.25) is 4.98 Å². The highest BCUT2D eigenvalue weighted by Gasteiger charge is 2.13. The summed E-state index contributed by atoms with van der Waals surface area (Å²) in [5.74, 6) is -0.0195. The van der Waals surface area contributed by atoms with E-state index in [0.29, 0.717) is 5.56 Å². The fraction of sp³-hybridized carbons (Fsp3) is 0.400. The zero-order valence-electron chi connectivity index (χ0n) is 8.07. The number of methoxy groups -OCH3 is 1. The van der Waals surface area contributed by atoms with E-state index in [1.165, 1.54) is 7.11 Å². The van der Waals surface area contributed by atoms with Crippen LogP contribution in [0.2, 0.25) is 0 Å². The van der Waals surface area contributed by atoms with Crippen LogP contribution in [0.4, 0.5) is 0 Å². The van der Waals surface area contributed by atoms with Crippen LogP contribution in [-0.4, -0.2) is 18.1 Å². The Hall–Kier alpha value is -1.38. The molecular formula is C10H13NO2. The van der Waals surface area contributed by atoms with Gasteiger partial charge in [0.2, 0.25) is 0 Å². The minimum atomic E-state index is -0.300. The lowest BCUT2D eigenvalue weighted by Crippen LogP contribution is -2.06. The van der Waals surface area contributed by atoms with E-state index in [-0.39, 0.29) is 11.9 Å². The summed E-state index contributed by atoms with van der Waals surface area (Å²) in [6.07, 6.45) is 3.30. The summed E-state index contributed by atoms with van der Waals surface area (Å²) in [6.45, 7) is 4.03. The summed E-state index contributed by atoms with van der Waals surface area (Å²) < 4.78 is 4.66. The monoisotopic (exact) mass is 179 g/mol. The number of nitrogens with zero attached hydrogens (tertiary/aromatic N) is 1. The molecule has 0 aliphatic heterocycles. The van der Waals surface area contributed by atoms with Gasteiger partial charge in [0.05, 0.1) is 12.7 Å². The van der Waals surface area contributed by atoms with Crippen molar-refractivity contribution in [3.8, 4) is 0 Å². The summed E-state index contributed by atoms with van der Waals surface area (Å²) >= 11 is 0. The highest BCUT2D eigenvalue weighted by atomic mass is 16.5. The molecule has 0 spiro atoms. The molecule has 70 valence electrons. The third-order valence-corrected chi connectivity index (χ3v) is 1.88. The van der Waals surface area contributed by atoms with Crippen LogP contribution >= 0.6 is 0 Å². The average Bonchev–Trinajstić information content (AvgIpc) is 2.16. The number of ether oxygens (including phenoxy) is 1. The van der Waals surface area contributed by atoms with E-state index in [2.05, 4.69) is 9.72 Å². The first-order valence-electron chi connectivity index (χ1n) is 4.19. The van der Waals surface area contributed by atoms with Gasteiger partial charge in [-0.25, -0.2) is 4.79 Å². The lowest BCUT2D eigenvalue weighted by Gasteiger charge is -2.09. The van der Waals surface area contributed by atoms with Gasteiger partial charge in [0.1, 0.15) is 0 Å². The van der Waals surface area contributed by atoms with Crippen molar-refractivity contribution in [3.63, 3.8) is 0 Å². The smallest absolute Gasteiger partial charge is 0.338 e. The number of carbonyl (C=O) groups is 1. The molecule has 0 aliphatic rings. The molecule has 0 aromatic carbocycles. The Balaban J connectivity index is 3.12. The second-order valence-corrected chi connectivity index (χ2v) is 3.11. The number of pyridine rings is 1. The van der Waals surface area contributed by atoms with Crippen molar-refractivity contribution in [2.75, 3.05) is 7.11 Å². The van der Waals surface area contributed by atoms with Crippen LogP contribution in [-0.2, 0) is 4.74 Å². The maximum absolute atomic E-state index is 11.3. The predicted octanol–water partition coefficient (Wildman–Crippen LogP) is 1.99. The third kappa shape index (κ3) is 2.05. The van der Waals surface area contributed by atoms with Gasteiger partial charge in [-0.05, 0) is 17.5 Å². The molecule has 3 nitrogen and oxygen atoms in total. The second-order valence-electron chi connectivity index (χ2n) is 3.11. The van der Waals surface area contributed by atoms with Gasteiger partial charge >= 0.3 is 5.97 Å². The molecule has 1 rings (SSSR count). The number of hydrogen-bond acceptors (Lipinski definition) is 3. The molecule has 1 aromatic heterocycles. The van der Waals surface area contributed by atoms with Crippen molar-refractivity contribution in [2.24, 2.45) is 0 Å². The van der Waals surface area contributed by atoms with E-state index in [9.17, 15) is 4.79 Å². The number of carbonyl (C=O) groups excluding carboxylic acids is 1. The molecular weight excluding hydrogens is 166 g/mol. The van der Waals surface area contributed by atoms with Crippen molar-refractivity contribution < 1.29 is 9.53 Å². The molecule has 0 atom stereocenters. The van der Waals surface area contributed by atoms with Gasteiger partial charge < -0.3 is 4.74 Å². The Kier molecular flexibility index (Phi) is 3.01.